The van der Waals surface area contributed by atoms with Crippen LogP contribution in [0.2, 0.25) is 5.02 Å². The molecule has 3 rings (SSSR count). The Morgan fingerprint density at radius 2 is 1.77 bits per heavy atom. The minimum absolute atomic E-state index is 0.00892. The van der Waals surface area contributed by atoms with Crippen molar-refractivity contribution in [3.63, 3.8) is 0 Å². The predicted molar refractivity (Wildman–Crippen MR) is 117 cm³/mol. The first-order chi connectivity index (χ1) is 14.3. The van der Waals surface area contributed by atoms with Gasteiger partial charge in [-0.1, -0.05) is 16.7 Å². The van der Waals surface area contributed by atoms with Crippen molar-refractivity contribution in [3.8, 4) is 11.5 Å². The number of thioether (sulfide) groups is 1. The van der Waals surface area contributed by atoms with Crippen molar-refractivity contribution in [1.29, 1.82) is 0 Å². The van der Waals surface area contributed by atoms with Crippen molar-refractivity contribution in [2.75, 3.05) is 11.1 Å². The van der Waals surface area contributed by atoms with Crippen molar-refractivity contribution in [2.24, 2.45) is 0 Å². The van der Waals surface area contributed by atoms with Gasteiger partial charge in [0.1, 0.15) is 0 Å². The zero-order valence-corrected chi connectivity index (χ0v) is 18.7. The monoisotopic (exact) mass is 465 g/mol. The molecular formula is C20H20ClN3O4S2. The minimum Gasteiger partial charge on any atom is -0.403 e. The summed E-state index contributed by atoms with van der Waals surface area (Å²) in [6.45, 7) is 3.26. The van der Waals surface area contributed by atoms with Crippen LogP contribution in [0, 0.1) is 0 Å². The lowest BCUT2D eigenvalue weighted by Crippen LogP contribution is -2.13. The lowest BCUT2D eigenvalue weighted by atomic mass is 10.2. The fourth-order valence-electron chi connectivity index (χ4n) is 2.42. The molecule has 1 N–H and O–H groups in total. The lowest BCUT2D eigenvalue weighted by Gasteiger charge is -2.07. The number of carbonyl (C=O) groups excluding carboxylic acids is 1. The number of nitrogens with zero attached hydrogens (tertiary/aromatic N) is 2. The van der Waals surface area contributed by atoms with E-state index in [-0.39, 0.29) is 29.1 Å². The van der Waals surface area contributed by atoms with Crippen molar-refractivity contribution in [2.45, 2.75) is 35.3 Å². The number of hydrogen-bond donors (Lipinski definition) is 1. The van der Waals surface area contributed by atoms with Crippen LogP contribution in [0.5, 0.6) is 0 Å². The van der Waals surface area contributed by atoms with E-state index >= 15 is 0 Å². The van der Waals surface area contributed by atoms with E-state index in [1.807, 2.05) is 12.1 Å². The van der Waals surface area contributed by atoms with Crippen LogP contribution in [-0.2, 0) is 14.6 Å². The number of hydrogen-bond acceptors (Lipinski definition) is 7. The summed E-state index contributed by atoms with van der Waals surface area (Å²) in [5.74, 6) is 0.527. The highest BCUT2D eigenvalue weighted by atomic mass is 35.5. The van der Waals surface area contributed by atoms with E-state index in [2.05, 4.69) is 15.5 Å². The molecule has 0 radical (unpaired) electrons. The lowest BCUT2D eigenvalue weighted by molar-refractivity contribution is -0.115. The topological polar surface area (TPSA) is 102 Å². The quantitative estimate of drug-likeness (QED) is 0.481. The summed E-state index contributed by atoms with van der Waals surface area (Å²) in [7, 11) is -3.35. The van der Waals surface area contributed by atoms with Crippen LogP contribution in [0.4, 0.5) is 6.01 Å². The highest BCUT2D eigenvalue weighted by molar-refractivity contribution is 7.99. The van der Waals surface area contributed by atoms with Crippen LogP contribution >= 0.6 is 23.4 Å². The molecule has 0 aliphatic heterocycles. The van der Waals surface area contributed by atoms with Crippen molar-refractivity contribution in [1.82, 2.24) is 10.2 Å². The Morgan fingerprint density at radius 3 is 2.40 bits per heavy atom. The van der Waals surface area contributed by atoms with Crippen molar-refractivity contribution in [3.05, 3.63) is 53.6 Å². The Balaban J connectivity index is 1.55. The zero-order chi connectivity index (χ0) is 21.7. The number of amides is 1. The molecule has 0 unspecified atom stereocenters. The molecule has 0 aliphatic rings. The van der Waals surface area contributed by atoms with Gasteiger partial charge >= 0.3 is 6.01 Å². The molecule has 0 atom stereocenters. The minimum atomic E-state index is -3.35. The third kappa shape index (κ3) is 5.62. The molecule has 3 aromatic rings. The summed E-state index contributed by atoms with van der Waals surface area (Å²) in [6, 6.07) is 13.6. The van der Waals surface area contributed by atoms with E-state index in [4.69, 9.17) is 16.0 Å². The number of sulfone groups is 1. The number of anilines is 1. The Hall–Kier alpha value is -2.36. The fourth-order valence-corrected chi connectivity index (χ4v) is 4.46. The second kappa shape index (κ2) is 9.63. The van der Waals surface area contributed by atoms with Gasteiger partial charge in [0.15, 0.2) is 9.84 Å². The largest absolute Gasteiger partial charge is 0.403 e. The number of nitrogens with one attached hydrogen (secondary N) is 1. The molecule has 2 aromatic carbocycles. The van der Waals surface area contributed by atoms with Gasteiger partial charge < -0.3 is 4.42 Å². The second-order valence-corrected chi connectivity index (χ2v) is 10.7. The van der Waals surface area contributed by atoms with E-state index < -0.39 is 15.1 Å². The predicted octanol–water partition coefficient (Wildman–Crippen LogP) is 4.69. The van der Waals surface area contributed by atoms with Crippen LogP contribution in [0.25, 0.3) is 11.5 Å². The van der Waals surface area contributed by atoms with Gasteiger partial charge in [0.2, 0.25) is 11.8 Å². The van der Waals surface area contributed by atoms with Gasteiger partial charge in [0, 0.05) is 27.7 Å². The standard InChI is InChI=1S/C20H20ClN3O4S2/c1-13(2)30(26,27)17-9-3-14(4-10-17)19-23-24-20(28-19)22-18(25)11-12-29-16-7-5-15(21)6-8-16/h3-10,13H,11-12H2,1-2H3,(H,22,24,25). The average Bonchev–Trinajstić information content (AvgIpc) is 3.18. The first kappa shape index (κ1) is 22.3. The Morgan fingerprint density at radius 1 is 1.10 bits per heavy atom. The summed E-state index contributed by atoms with van der Waals surface area (Å²) in [5.41, 5.74) is 0.559. The van der Waals surface area contributed by atoms with Crippen molar-refractivity contribution >= 4 is 45.1 Å². The van der Waals surface area contributed by atoms with Crippen LogP contribution in [0.15, 0.2) is 62.7 Å². The van der Waals surface area contributed by atoms with Crippen LogP contribution < -0.4 is 5.32 Å². The first-order valence-corrected chi connectivity index (χ1v) is 12.0. The van der Waals surface area contributed by atoms with Gasteiger partial charge in [-0.3, -0.25) is 10.1 Å². The number of halogens is 1. The molecule has 0 saturated heterocycles. The molecule has 1 amide bonds. The van der Waals surface area contributed by atoms with E-state index in [1.165, 1.54) is 12.1 Å². The molecule has 1 heterocycles. The molecule has 1 aromatic heterocycles. The summed E-state index contributed by atoms with van der Waals surface area (Å²) in [6.07, 6.45) is 0.271. The van der Waals surface area contributed by atoms with Gasteiger partial charge in [-0.05, 0) is 62.4 Å². The molecule has 0 bridgehead atoms. The maximum Gasteiger partial charge on any atom is 0.322 e. The summed E-state index contributed by atoms with van der Waals surface area (Å²) >= 11 is 7.39. The average molecular weight is 466 g/mol. The van der Waals surface area contributed by atoms with Gasteiger partial charge in [-0.15, -0.1) is 16.9 Å². The van der Waals surface area contributed by atoms with E-state index in [0.29, 0.717) is 16.3 Å². The molecule has 30 heavy (non-hydrogen) atoms. The summed E-state index contributed by atoms with van der Waals surface area (Å²) < 4.78 is 29.8. The molecule has 7 nitrogen and oxygen atoms in total. The van der Waals surface area contributed by atoms with Crippen LogP contribution in [0.3, 0.4) is 0 Å². The zero-order valence-electron chi connectivity index (χ0n) is 16.3. The van der Waals surface area contributed by atoms with Gasteiger partial charge in [-0.2, -0.15) is 0 Å². The first-order valence-electron chi connectivity index (χ1n) is 9.12. The van der Waals surface area contributed by atoms with E-state index in [0.717, 1.165) is 4.90 Å². The maximum atomic E-state index is 12.2. The number of rotatable bonds is 8. The second-order valence-electron chi connectivity index (χ2n) is 6.63. The Bertz CT molecular complexity index is 1110. The summed E-state index contributed by atoms with van der Waals surface area (Å²) in [5, 5.41) is 10.5. The third-order valence-electron chi connectivity index (χ3n) is 4.13. The number of aromatic nitrogens is 2. The number of benzene rings is 2. The Kier molecular flexibility index (Phi) is 7.17. The Labute approximate surface area is 184 Å². The third-order valence-corrected chi connectivity index (χ3v) is 7.57. The molecule has 0 fully saturated rings. The molecular weight excluding hydrogens is 446 g/mol. The van der Waals surface area contributed by atoms with Gasteiger partial charge in [-0.25, -0.2) is 8.42 Å². The van der Waals surface area contributed by atoms with Crippen molar-refractivity contribution < 1.29 is 17.6 Å². The highest BCUT2D eigenvalue weighted by Crippen LogP contribution is 2.24. The number of carbonyl (C=O) groups is 1. The SMILES string of the molecule is CC(C)S(=O)(=O)c1ccc(-c2nnc(NC(=O)CCSc3ccc(Cl)cc3)o2)cc1. The normalized spacial score (nSPS) is 11.6. The fraction of sp³-hybridized carbons (Fsp3) is 0.250. The van der Waals surface area contributed by atoms with Gasteiger partial charge in [0.05, 0.1) is 10.1 Å². The van der Waals surface area contributed by atoms with Gasteiger partial charge in [0.25, 0.3) is 0 Å². The molecule has 158 valence electrons. The summed E-state index contributed by atoms with van der Waals surface area (Å²) in [4.78, 5) is 13.3. The maximum absolute atomic E-state index is 12.2. The molecule has 0 spiro atoms. The molecule has 0 saturated carbocycles. The smallest absolute Gasteiger partial charge is 0.322 e. The van der Waals surface area contributed by atoms with E-state index in [1.54, 1.807) is 49.9 Å². The van der Waals surface area contributed by atoms with Crippen LogP contribution in [-0.4, -0.2) is 35.5 Å². The van der Waals surface area contributed by atoms with Crippen LogP contribution in [0.1, 0.15) is 20.3 Å². The van der Waals surface area contributed by atoms with E-state index in [9.17, 15) is 13.2 Å². The highest BCUT2D eigenvalue weighted by Gasteiger charge is 2.19. The molecule has 10 heteroatoms. The molecule has 0 aliphatic carbocycles.